The van der Waals surface area contributed by atoms with Crippen molar-refractivity contribution in [1.29, 1.82) is 0 Å². The molecule has 22 heavy (non-hydrogen) atoms. The number of rotatable bonds is 3. The zero-order valence-corrected chi connectivity index (χ0v) is 11.7. The first kappa shape index (κ1) is 12.5. The lowest BCUT2D eigenvalue weighted by Crippen LogP contribution is -1.89. The highest BCUT2D eigenvalue weighted by atomic mass is 15.4. The minimum atomic E-state index is 1.05. The molecule has 0 bridgehead atoms. The lowest BCUT2D eigenvalue weighted by Gasteiger charge is -2.00. The molecule has 0 aliphatic rings. The third-order valence-corrected chi connectivity index (χ3v) is 3.54. The van der Waals surface area contributed by atoms with Crippen LogP contribution in [0.3, 0.4) is 0 Å². The van der Waals surface area contributed by atoms with E-state index in [1.807, 2.05) is 36.5 Å². The van der Waals surface area contributed by atoms with Crippen molar-refractivity contribution in [2.24, 2.45) is 5.10 Å². The van der Waals surface area contributed by atoms with Gasteiger partial charge in [0.05, 0.1) is 11.9 Å². The summed E-state index contributed by atoms with van der Waals surface area (Å²) in [5, 5.41) is 13.0. The fourth-order valence-electron chi connectivity index (χ4n) is 2.51. The molecule has 0 unspecified atom stereocenters. The number of para-hydroxylation sites is 1. The first-order valence-electron chi connectivity index (χ1n) is 6.97. The van der Waals surface area contributed by atoms with Gasteiger partial charge in [-0.3, -0.25) is 0 Å². The van der Waals surface area contributed by atoms with Crippen LogP contribution >= 0.6 is 0 Å². The standard InChI is InChI=1S/C17H13N5/c1-2-6-13(7-3-1)17-15(10-20-22-11-18-19-12-22)14-8-4-5-9-16(14)21-17/h1-12,21H/b20-10-. The van der Waals surface area contributed by atoms with E-state index in [-0.39, 0.29) is 0 Å². The Hall–Kier alpha value is -3.21. The van der Waals surface area contributed by atoms with Crippen molar-refractivity contribution in [1.82, 2.24) is 19.9 Å². The highest BCUT2D eigenvalue weighted by Crippen LogP contribution is 2.28. The Morgan fingerprint density at radius 2 is 1.64 bits per heavy atom. The Balaban J connectivity index is 1.90. The van der Waals surface area contributed by atoms with Gasteiger partial charge in [-0.05, 0) is 11.6 Å². The number of aromatic nitrogens is 4. The van der Waals surface area contributed by atoms with E-state index in [2.05, 4.69) is 44.5 Å². The Labute approximate surface area is 126 Å². The summed E-state index contributed by atoms with van der Waals surface area (Å²) in [4.78, 5) is 3.48. The van der Waals surface area contributed by atoms with E-state index < -0.39 is 0 Å². The molecule has 1 N–H and O–H groups in total. The maximum absolute atomic E-state index is 4.39. The van der Waals surface area contributed by atoms with Gasteiger partial charge < -0.3 is 4.98 Å². The first-order chi connectivity index (χ1) is 10.9. The van der Waals surface area contributed by atoms with E-state index >= 15 is 0 Å². The fourth-order valence-corrected chi connectivity index (χ4v) is 2.51. The van der Waals surface area contributed by atoms with Gasteiger partial charge in [0, 0.05) is 16.5 Å². The molecule has 0 aliphatic carbocycles. The normalized spacial score (nSPS) is 11.5. The Bertz CT molecular complexity index is 920. The van der Waals surface area contributed by atoms with Crippen LogP contribution in [0.15, 0.2) is 72.4 Å². The largest absolute Gasteiger partial charge is 0.354 e. The summed E-state index contributed by atoms with van der Waals surface area (Å²) in [6.45, 7) is 0. The second kappa shape index (κ2) is 5.29. The SMILES string of the molecule is C(=N/n1cnnc1)/c1c(-c2ccccc2)[nH]c2ccccc12. The molecule has 5 nitrogen and oxygen atoms in total. The van der Waals surface area contributed by atoms with Gasteiger partial charge in [-0.15, -0.1) is 10.2 Å². The summed E-state index contributed by atoms with van der Waals surface area (Å²) in [5.74, 6) is 0. The number of nitrogens with zero attached hydrogens (tertiary/aromatic N) is 4. The average molecular weight is 287 g/mol. The number of nitrogens with one attached hydrogen (secondary N) is 1. The van der Waals surface area contributed by atoms with Crippen LogP contribution in [0.5, 0.6) is 0 Å². The van der Waals surface area contributed by atoms with Crippen LogP contribution in [-0.4, -0.2) is 26.1 Å². The molecule has 5 heteroatoms. The first-order valence-corrected chi connectivity index (χ1v) is 6.97. The zero-order chi connectivity index (χ0) is 14.8. The van der Waals surface area contributed by atoms with E-state index in [4.69, 9.17) is 0 Å². The van der Waals surface area contributed by atoms with Crippen molar-refractivity contribution in [3.05, 3.63) is 72.8 Å². The molecule has 0 atom stereocenters. The minimum absolute atomic E-state index is 1.05. The van der Waals surface area contributed by atoms with Crippen LogP contribution in [0, 0.1) is 0 Å². The topological polar surface area (TPSA) is 58.9 Å². The second-order valence-electron chi connectivity index (χ2n) is 4.91. The van der Waals surface area contributed by atoms with Crippen LogP contribution in [0.25, 0.3) is 22.2 Å². The number of hydrogen-bond donors (Lipinski definition) is 1. The van der Waals surface area contributed by atoms with E-state index in [0.717, 1.165) is 27.7 Å². The van der Waals surface area contributed by atoms with E-state index in [1.54, 1.807) is 17.3 Å². The highest BCUT2D eigenvalue weighted by Gasteiger charge is 2.11. The van der Waals surface area contributed by atoms with Crippen molar-refractivity contribution in [3.8, 4) is 11.3 Å². The summed E-state index contributed by atoms with van der Waals surface area (Å²) < 4.78 is 1.58. The smallest absolute Gasteiger partial charge is 0.141 e. The Morgan fingerprint density at radius 1 is 0.909 bits per heavy atom. The number of hydrogen-bond acceptors (Lipinski definition) is 3. The maximum Gasteiger partial charge on any atom is 0.141 e. The highest BCUT2D eigenvalue weighted by molar-refractivity contribution is 6.05. The molecule has 0 amide bonds. The molecule has 0 saturated carbocycles. The van der Waals surface area contributed by atoms with Gasteiger partial charge in [0.1, 0.15) is 12.7 Å². The summed E-state index contributed by atoms with van der Waals surface area (Å²) >= 11 is 0. The molecule has 106 valence electrons. The second-order valence-corrected chi connectivity index (χ2v) is 4.91. The maximum atomic E-state index is 4.39. The van der Waals surface area contributed by atoms with Crippen molar-refractivity contribution in [3.63, 3.8) is 0 Å². The Morgan fingerprint density at radius 3 is 2.45 bits per heavy atom. The summed E-state index contributed by atoms with van der Waals surface area (Å²) in [6.07, 6.45) is 4.96. The molecule has 0 aliphatic heterocycles. The lowest BCUT2D eigenvalue weighted by atomic mass is 10.1. The van der Waals surface area contributed by atoms with Gasteiger partial charge in [-0.25, -0.2) is 4.68 Å². The summed E-state index contributed by atoms with van der Waals surface area (Å²) in [6, 6.07) is 18.4. The number of fused-ring (bicyclic) bond motifs is 1. The molecule has 2 heterocycles. The molecular weight excluding hydrogens is 274 g/mol. The predicted octanol–water partition coefficient (Wildman–Crippen LogP) is 3.31. The van der Waals surface area contributed by atoms with Crippen LogP contribution in [-0.2, 0) is 0 Å². The molecule has 0 saturated heterocycles. The van der Waals surface area contributed by atoms with Crippen LogP contribution in [0.4, 0.5) is 0 Å². The number of aromatic amines is 1. The fraction of sp³-hybridized carbons (Fsp3) is 0. The molecule has 2 aromatic heterocycles. The van der Waals surface area contributed by atoms with Crippen LogP contribution in [0.1, 0.15) is 5.56 Å². The van der Waals surface area contributed by atoms with Gasteiger partial charge in [0.2, 0.25) is 0 Å². The molecule has 0 spiro atoms. The Kier molecular flexibility index (Phi) is 3.01. The average Bonchev–Trinajstić information content (AvgIpc) is 3.21. The molecule has 2 aromatic carbocycles. The van der Waals surface area contributed by atoms with Crippen molar-refractivity contribution >= 4 is 17.1 Å². The van der Waals surface area contributed by atoms with E-state index in [9.17, 15) is 0 Å². The molecule has 4 aromatic rings. The minimum Gasteiger partial charge on any atom is -0.354 e. The van der Waals surface area contributed by atoms with Crippen LogP contribution in [0.2, 0.25) is 0 Å². The molecule has 0 radical (unpaired) electrons. The summed E-state index contributed by atoms with van der Waals surface area (Å²) in [7, 11) is 0. The third kappa shape index (κ3) is 2.18. The van der Waals surface area contributed by atoms with Gasteiger partial charge in [0.25, 0.3) is 0 Å². The van der Waals surface area contributed by atoms with Gasteiger partial charge in [0.15, 0.2) is 0 Å². The summed E-state index contributed by atoms with van der Waals surface area (Å²) in [5.41, 5.74) is 4.32. The van der Waals surface area contributed by atoms with E-state index in [0.29, 0.717) is 0 Å². The van der Waals surface area contributed by atoms with Crippen molar-refractivity contribution in [2.45, 2.75) is 0 Å². The number of benzene rings is 2. The monoisotopic (exact) mass is 287 g/mol. The zero-order valence-electron chi connectivity index (χ0n) is 11.7. The van der Waals surface area contributed by atoms with Gasteiger partial charge >= 0.3 is 0 Å². The quantitative estimate of drug-likeness (QED) is 0.588. The predicted molar refractivity (Wildman–Crippen MR) is 86.7 cm³/mol. The molecule has 4 rings (SSSR count). The van der Waals surface area contributed by atoms with Crippen LogP contribution < -0.4 is 0 Å². The third-order valence-electron chi connectivity index (χ3n) is 3.54. The van der Waals surface area contributed by atoms with Crippen molar-refractivity contribution in [2.75, 3.05) is 0 Å². The van der Waals surface area contributed by atoms with Gasteiger partial charge in [-0.2, -0.15) is 5.10 Å². The lowest BCUT2D eigenvalue weighted by molar-refractivity contribution is 0.878. The van der Waals surface area contributed by atoms with E-state index in [1.165, 1.54) is 0 Å². The molecule has 0 fully saturated rings. The number of H-pyrrole nitrogens is 1. The van der Waals surface area contributed by atoms with Crippen molar-refractivity contribution < 1.29 is 0 Å². The molecular formula is C17H13N5. The van der Waals surface area contributed by atoms with Gasteiger partial charge in [-0.1, -0.05) is 48.5 Å².